The molecule has 2 aliphatic rings. The van der Waals surface area contributed by atoms with Crippen LogP contribution in [0.4, 0.5) is 14.5 Å². The maximum Gasteiger partial charge on any atom is 0.341 e. The van der Waals surface area contributed by atoms with Crippen LogP contribution in [-0.4, -0.2) is 48.3 Å². The van der Waals surface area contributed by atoms with Crippen LogP contribution >= 0.6 is 0 Å². The van der Waals surface area contributed by atoms with Crippen molar-refractivity contribution >= 4 is 17.2 Å². The van der Waals surface area contributed by atoms with Crippen molar-refractivity contribution in [3.8, 4) is 0 Å². The van der Waals surface area contributed by atoms with Crippen LogP contribution in [0.2, 0.25) is 0 Å². The summed E-state index contributed by atoms with van der Waals surface area (Å²) in [5.74, 6) is -1.32. The van der Waals surface area contributed by atoms with Gasteiger partial charge in [0.15, 0.2) is 5.82 Å². The number of carbonyl (C=O) groups is 1. The minimum absolute atomic E-state index is 0.211. The summed E-state index contributed by atoms with van der Waals surface area (Å²) in [7, 11) is 0. The van der Waals surface area contributed by atoms with E-state index in [2.05, 4.69) is 5.32 Å². The van der Waals surface area contributed by atoms with E-state index < -0.39 is 24.0 Å². The molecule has 4 rings (SSSR count). The Morgan fingerprint density at radius 3 is 2.75 bits per heavy atom. The van der Waals surface area contributed by atoms with Gasteiger partial charge in [-0.1, -0.05) is 0 Å². The van der Waals surface area contributed by atoms with E-state index in [0.717, 1.165) is 35.4 Å². The molecule has 1 aliphatic carbocycles. The molecule has 1 atom stereocenters. The summed E-state index contributed by atoms with van der Waals surface area (Å²) >= 11 is 0. The zero-order valence-corrected chi connectivity index (χ0v) is 15.5. The highest BCUT2D eigenvalue weighted by molar-refractivity contribution is 5.88. The summed E-state index contributed by atoms with van der Waals surface area (Å²) in [6, 6.07) is 3.13. The number of aromatic carboxylic acids is 1. The molecule has 0 spiro atoms. The van der Waals surface area contributed by atoms with Gasteiger partial charge in [0.05, 0.1) is 17.4 Å². The average molecular weight is 391 g/mol. The lowest BCUT2D eigenvalue weighted by atomic mass is 10.1. The molecule has 1 saturated heterocycles. The number of rotatable bonds is 7. The minimum atomic E-state index is -1.30. The van der Waals surface area contributed by atoms with Crippen LogP contribution in [-0.2, 0) is 0 Å². The summed E-state index contributed by atoms with van der Waals surface area (Å²) in [6.45, 7) is 1.94. The quantitative estimate of drug-likeness (QED) is 0.709. The Kier molecular flexibility index (Phi) is 5.05. The standard InChI is InChI=1S/C20H23F2N3O3/c21-4-5-23-9-12-3-6-24(10-12)18-8-17-14(13-1-2-13)7-15(20(27)28)19(26)25(17)11-16(18)22/h7-8,11-13,23H,1-6,9-10H2,(H,27,28). The highest BCUT2D eigenvalue weighted by Crippen LogP contribution is 2.42. The average Bonchev–Trinajstić information content (AvgIpc) is 3.40. The molecule has 0 radical (unpaired) electrons. The Morgan fingerprint density at radius 1 is 1.29 bits per heavy atom. The largest absolute Gasteiger partial charge is 0.477 e. The molecule has 28 heavy (non-hydrogen) atoms. The van der Waals surface area contributed by atoms with Gasteiger partial charge in [-0.25, -0.2) is 13.6 Å². The molecule has 0 aromatic carbocycles. The molecule has 6 nitrogen and oxygen atoms in total. The summed E-state index contributed by atoms with van der Waals surface area (Å²) in [5.41, 5.74) is 0.752. The van der Waals surface area contributed by atoms with Gasteiger partial charge in [0, 0.05) is 19.6 Å². The number of carboxylic acids is 1. The molecule has 0 bridgehead atoms. The van der Waals surface area contributed by atoms with Crippen LogP contribution in [0, 0.1) is 11.7 Å². The number of nitrogens with zero attached hydrogens (tertiary/aromatic N) is 2. The van der Waals surface area contributed by atoms with Crippen molar-refractivity contribution in [2.24, 2.45) is 5.92 Å². The minimum Gasteiger partial charge on any atom is -0.477 e. The van der Waals surface area contributed by atoms with Crippen LogP contribution in [0.15, 0.2) is 23.1 Å². The number of hydrogen-bond acceptors (Lipinski definition) is 4. The molecule has 1 unspecified atom stereocenters. The first-order chi connectivity index (χ1) is 13.5. The van der Waals surface area contributed by atoms with E-state index in [0.29, 0.717) is 43.3 Å². The summed E-state index contributed by atoms with van der Waals surface area (Å²) in [6.07, 6.45) is 3.86. The maximum absolute atomic E-state index is 14.9. The first kappa shape index (κ1) is 18.9. The third-order valence-corrected chi connectivity index (χ3v) is 5.64. The Hall–Kier alpha value is -2.48. The molecule has 8 heteroatoms. The number of carboxylic acid groups (broad SMARTS) is 1. The number of nitrogens with one attached hydrogen (secondary N) is 1. The van der Waals surface area contributed by atoms with Gasteiger partial charge < -0.3 is 15.3 Å². The maximum atomic E-state index is 14.9. The first-order valence-corrected chi connectivity index (χ1v) is 9.63. The molecular formula is C20H23F2N3O3. The van der Waals surface area contributed by atoms with Gasteiger partial charge in [-0.15, -0.1) is 0 Å². The molecule has 0 amide bonds. The van der Waals surface area contributed by atoms with Crippen LogP contribution < -0.4 is 15.8 Å². The number of alkyl halides is 1. The van der Waals surface area contributed by atoms with Gasteiger partial charge in [0.25, 0.3) is 5.56 Å². The van der Waals surface area contributed by atoms with Gasteiger partial charge in [0.2, 0.25) is 0 Å². The van der Waals surface area contributed by atoms with E-state index in [1.807, 2.05) is 4.90 Å². The van der Waals surface area contributed by atoms with Crippen molar-refractivity contribution in [1.82, 2.24) is 9.72 Å². The highest BCUT2D eigenvalue weighted by Gasteiger charge is 2.30. The number of pyridine rings is 2. The lowest BCUT2D eigenvalue weighted by Crippen LogP contribution is -2.28. The van der Waals surface area contributed by atoms with Crippen molar-refractivity contribution < 1.29 is 18.7 Å². The third-order valence-electron chi connectivity index (χ3n) is 5.64. The molecule has 2 N–H and O–H groups in total. The highest BCUT2D eigenvalue weighted by atomic mass is 19.1. The van der Waals surface area contributed by atoms with Gasteiger partial charge >= 0.3 is 5.97 Å². The molecule has 1 saturated carbocycles. The van der Waals surface area contributed by atoms with Crippen molar-refractivity contribution in [3.63, 3.8) is 0 Å². The number of aromatic nitrogens is 1. The molecule has 1 aliphatic heterocycles. The topological polar surface area (TPSA) is 74.1 Å². The predicted octanol–water partition coefficient (Wildman–Crippen LogP) is 2.40. The van der Waals surface area contributed by atoms with Crippen LogP contribution in [0.5, 0.6) is 0 Å². The predicted molar refractivity (Wildman–Crippen MR) is 102 cm³/mol. The van der Waals surface area contributed by atoms with Crippen LogP contribution in [0.1, 0.15) is 41.1 Å². The normalized spacial score (nSPS) is 19.5. The molecular weight excluding hydrogens is 368 g/mol. The molecule has 150 valence electrons. The Balaban J connectivity index is 1.70. The second kappa shape index (κ2) is 7.50. The van der Waals surface area contributed by atoms with Crippen molar-refractivity contribution in [3.05, 3.63) is 45.6 Å². The monoisotopic (exact) mass is 391 g/mol. The van der Waals surface area contributed by atoms with E-state index in [1.54, 1.807) is 6.07 Å². The zero-order valence-electron chi connectivity index (χ0n) is 15.5. The van der Waals surface area contributed by atoms with Crippen LogP contribution in [0.25, 0.3) is 5.52 Å². The number of anilines is 1. The SMILES string of the molecule is O=C(O)c1cc(C2CC2)c2cc(N3CCC(CNCCF)C3)c(F)cn2c1=O. The Labute approximate surface area is 160 Å². The van der Waals surface area contributed by atoms with Gasteiger partial charge in [-0.05, 0) is 55.3 Å². The third kappa shape index (κ3) is 3.48. The summed E-state index contributed by atoms with van der Waals surface area (Å²) in [4.78, 5) is 25.9. The Bertz CT molecular complexity index is 971. The lowest BCUT2D eigenvalue weighted by molar-refractivity contribution is 0.0694. The fraction of sp³-hybridized carbons (Fsp3) is 0.500. The van der Waals surface area contributed by atoms with Gasteiger partial charge in [-0.2, -0.15) is 0 Å². The fourth-order valence-electron chi connectivity index (χ4n) is 4.04. The van der Waals surface area contributed by atoms with E-state index in [-0.39, 0.29) is 11.5 Å². The smallest absolute Gasteiger partial charge is 0.341 e. The number of halogens is 2. The first-order valence-electron chi connectivity index (χ1n) is 9.63. The fourth-order valence-corrected chi connectivity index (χ4v) is 4.04. The zero-order chi connectivity index (χ0) is 19.8. The second-order valence-electron chi connectivity index (χ2n) is 7.65. The van der Waals surface area contributed by atoms with E-state index in [1.165, 1.54) is 6.07 Å². The second-order valence-corrected chi connectivity index (χ2v) is 7.65. The molecule has 2 aromatic heterocycles. The van der Waals surface area contributed by atoms with E-state index in [4.69, 9.17) is 0 Å². The molecule has 2 fully saturated rings. The van der Waals surface area contributed by atoms with Crippen LogP contribution in [0.3, 0.4) is 0 Å². The van der Waals surface area contributed by atoms with E-state index >= 15 is 0 Å². The van der Waals surface area contributed by atoms with Gasteiger partial charge in [-0.3, -0.25) is 9.20 Å². The van der Waals surface area contributed by atoms with E-state index in [9.17, 15) is 23.5 Å². The number of hydrogen-bond donors (Lipinski definition) is 2. The molecule has 2 aromatic rings. The Morgan fingerprint density at radius 2 is 2.07 bits per heavy atom. The lowest BCUT2D eigenvalue weighted by Gasteiger charge is -2.21. The van der Waals surface area contributed by atoms with Crippen molar-refractivity contribution in [2.75, 3.05) is 37.8 Å². The summed E-state index contributed by atoms with van der Waals surface area (Å²) < 4.78 is 28.2. The number of fused-ring (bicyclic) bond motifs is 1. The van der Waals surface area contributed by atoms with Crippen molar-refractivity contribution in [2.45, 2.75) is 25.2 Å². The molecule has 3 heterocycles. The van der Waals surface area contributed by atoms with Crippen molar-refractivity contribution in [1.29, 1.82) is 0 Å². The van der Waals surface area contributed by atoms with Gasteiger partial charge in [0.1, 0.15) is 12.2 Å². The summed E-state index contributed by atoms with van der Waals surface area (Å²) in [5, 5.41) is 12.4.